The summed E-state index contributed by atoms with van der Waals surface area (Å²) in [6.07, 6.45) is 0.463. The number of methoxy groups -OCH3 is 2. The van der Waals surface area contributed by atoms with Crippen LogP contribution >= 0.6 is 15.9 Å². The normalized spacial score (nSPS) is 19.4. The van der Waals surface area contributed by atoms with E-state index in [1.165, 1.54) is 0 Å². The molecular weight excluding hydrogens is 444 g/mol. The van der Waals surface area contributed by atoms with Crippen LogP contribution in [0.5, 0.6) is 17.2 Å². The van der Waals surface area contributed by atoms with Gasteiger partial charge in [0.05, 0.1) is 26.0 Å². The Hall–Kier alpha value is -2.99. The first-order chi connectivity index (χ1) is 14.7. The molecule has 0 unspecified atom stereocenters. The Morgan fingerprint density at radius 3 is 2.53 bits per heavy atom. The lowest BCUT2D eigenvalue weighted by molar-refractivity contribution is -0.0192. The van der Waals surface area contributed by atoms with Crippen LogP contribution in [-0.2, 0) is 0 Å². The fourth-order valence-electron chi connectivity index (χ4n) is 4.09. The SMILES string of the molecule is COc1ccc([C@@H]2Oc3ccc(Br)cc3[C@H]3CC(c4ccccc4)=NN32)cc1OC. The van der Waals surface area contributed by atoms with Gasteiger partial charge in [0.15, 0.2) is 11.5 Å². The first-order valence-corrected chi connectivity index (χ1v) is 10.6. The minimum absolute atomic E-state index is 0.0968. The van der Waals surface area contributed by atoms with Gasteiger partial charge in [-0.05, 0) is 42.0 Å². The minimum Gasteiger partial charge on any atom is -0.493 e. The van der Waals surface area contributed by atoms with Gasteiger partial charge >= 0.3 is 0 Å². The molecule has 6 heteroatoms. The van der Waals surface area contributed by atoms with Crippen molar-refractivity contribution in [2.24, 2.45) is 5.10 Å². The zero-order valence-electron chi connectivity index (χ0n) is 16.7. The molecule has 0 saturated heterocycles. The Kier molecular flexibility index (Phi) is 4.87. The van der Waals surface area contributed by atoms with Crippen molar-refractivity contribution in [1.29, 1.82) is 0 Å². The standard InChI is InChI=1S/C24H21BrN2O3/c1-28-22-10-8-16(12-23(22)29-2)24-27-20(18-13-17(25)9-11-21(18)30-24)14-19(26-27)15-6-4-3-5-7-15/h3-13,20,24H,14H2,1-2H3/t20-,24+/m1/s1. The summed E-state index contributed by atoms with van der Waals surface area (Å²) in [5.74, 6) is 2.24. The van der Waals surface area contributed by atoms with Crippen molar-refractivity contribution in [2.45, 2.75) is 18.7 Å². The number of nitrogens with zero attached hydrogens (tertiary/aromatic N) is 2. The van der Waals surface area contributed by atoms with Gasteiger partial charge in [0.1, 0.15) is 5.75 Å². The number of hydrogen-bond acceptors (Lipinski definition) is 5. The van der Waals surface area contributed by atoms with E-state index >= 15 is 0 Å². The number of ether oxygens (including phenoxy) is 3. The van der Waals surface area contributed by atoms with Crippen LogP contribution in [0.25, 0.3) is 0 Å². The molecule has 3 aromatic carbocycles. The molecule has 5 nitrogen and oxygen atoms in total. The van der Waals surface area contributed by atoms with Crippen LogP contribution in [0.15, 0.2) is 76.3 Å². The van der Waals surface area contributed by atoms with E-state index in [9.17, 15) is 0 Å². The molecule has 2 atom stereocenters. The third-order valence-corrected chi connectivity index (χ3v) is 6.04. The maximum absolute atomic E-state index is 6.45. The molecule has 0 aliphatic carbocycles. The summed E-state index contributed by atoms with van der Waals surface area (Å²) < 4.78 is 18.4. The molecule has 0 radical (unpaired) electrons. The molecule has 2 aliphatic rings. The van der Waals surface area contributed by atoms with Crippen molar-refractivity contribution in [3.63, 3.8) is 0 Å². The highest BCUT2D eigenvalue weighted by Crippen LogP contribution is 2.48. The van der Waals surface area contributed by atoms with Crippen molar-refractivity contribution in [3.05, 3.63) is 87.9 Å². The monoisotopic (exact) mass is 464 g/mol. The smallest absolute Gasteiger partial charge is 0.214 e. The zero-order chi connectivity index (χ0) is 20.7. The van der Waals surface area contributed by atoms with Gasteiger partial charge in [-0.3, -0.25) is 0 Å². The number of halogens is 1. The second-order valence-corrected chi connectivity index (χ2v) is 8.20. The van der Waals surface area contributed by atoms with E-state index in [1.54, 1.807) is 14.2 Å². The van der Waals surface area contributed by atoms with Gasteiger partial charge in [-0.2, -0.15) is 5.10 Å². The summed E-state index contributed by atoms with van der Waals surface area (Å²) in [7, 11) is 3.27. The van der Waals surface area contributed by atoms with Gasteiger partial charge in [-0.15, -0.1) is 0 Å². The topological polar surface area (TPSA) is 43.3 Å². The first kappa shape index (κ1) is 19.0. The summed E-state index contributed by atoms with van der Waals surface area (Å²) in [4.78, 5) is 0. The molecule has 0 aromatic heterocycles. The van der Waals surface area contributed by atoms with E-state index in [2.05, 4.69) is 39.1 Å². The van der Waals surface area contributed by atoms with Gasteiger partial charge in [-0.25, -0.2) is 5.01 Å². The van der Waals surface area contributed by atoms with Gasteiger partial charge in [0, 0.05) is 22.0 Å². The highest BCUT2D eigenvalue weighted by Gasteiger charge is 2.41. The molecule has 5 rings (SSSR count). The molecule has 0 fully saturated rings. The van der Waals surface area contributed by atoms with Crippen LogP contribution in [0.1, 0.15) is 35.4 Å². The molecule has 152 valence electrons. The summed E-state index contributed by atoms with van der Waals surface area (Å²) in [6, 6.07) is 22.4. The van der Waals surface area contributed by atoms with Gasteiger partial charge < -0.3 is 14.2 Å². The van der Waals surface area contributed by atoms with E-state index in [4.69, 9.17) is 19.3 Å². The van der Waals surface area contributed by atoms with Gasteiger partial charge in [-0.1, -0.05) is 46.3 Å². The summed E-state index contributed by atoms with van der Waals surface area (Å²) in [6.45, 7) is 0. The van der Waals surface area contributed by atoms with Gasteiger partial charge in [0.25, 0.3) is 0 Å². The van der Waals surface area contributed by atoms with Crippen molar-refractivity contribution in [2.75, 3.05) is 14.2 Å². The van der Waals surface area contributed by atoms with Crippen LogP contribution in [0, 0.1) is 0 Å². The van der Waals surface area contributed by atoms with Gasteiger partial charge in [0.2, 0.25) is 6.23 Å². The second-order valence-electron chi connectivity index (χ2n) is 7.28. The molecule has 3 aromatic rings. The molecule has 0 bridgehead atoms. The predicted octanol–water partition coefficient (Wildman–Crippen LogP) is 5.71. The fraction of sp³-hybridized carbons (Fsp3) is 0.208. The molecule has 0 spiro atoms. The molecule has 0 saturated carbocycles. The summed E-state index contributed by atoms with van der Waals surface area (Å²) >= 11 is 3.60. The van der Waals surface area contributed by atoms with Crippen molar-refractivity contribution >= 4 is 21.6 Å². The number of fused-ring (bicyclic) bond motifs is 3. The number of hydrazone groups is 1. The zero-order valence-corrected chi connectivity index (χ0v) is 18.3. The third kappa shape index (κ3) is 3.21. The molecule has 0 amide bonds. The van der Waals surface area contributed by atoms with Crippen LogP contribution in [0.2, 0.25) is 0 Å². The van der Waals surface area contributed by atoms with E-state index in [0.29, 0.717) is 11.5 Å². The highest BCUT2D eigenvalue weighted by atomic mass is 79.9. The average molecular weight is 465 g/mol. The number of hydrogen-bond donors (Lipinski definition) is 0. The van der Waals surface area contributed by atoms with E-state index in [-0.39, 0.29) is 12.3 Å². The lowest BCUT2D eigenvalue weighted by Gasteiger charge is -2.38. The highest BCUT2D eigenvalue weighted by molar-refractivity contribution is 9.10. The Morgan fingerprint density at radius 2 is 1.77 bits per heavy atom. The molecule has 30 heavy (non-hydrogen) atoms. The lowest BCUT2D eigenvalue weighted by atomic mass is 9.96. The maximum atomic E-state index is 6.45. The Labute approximate surface area is 184 Å². The minimum atomic E-state index is -0.357. The molecular formula is C24H21BrN2O3. The summed E-state index contributed by atoms with van der Waals surface area (Å²) in [5, 5.41) is 7.07. The average Bonchev–Trinajstić information content (AvgIpc) is 3.24. The van der Waals surface area contributed by atoms with Crippen molar-refractivity contribution in [3.8, 4) is 17.2 Å². The van der Waals surface area contributed by atoms with E-state index in [1.807, 2.05) is 48.5 Å². The number of rotatable bonds is 4. The predicted molar refractivity (Wildman–Crippen MR) is 119 cm³/mol. The Balaban J connectivity index is 1.60. The molecule has 2 aliphatic heterocycles. The molecule has 2 heterocycles. The van der Waals surface area contributed by atoms with Crippen molar-refractivity contribution in [1.82, 2.24) is 5.01 Å². The van der Waals surface area contributed by atoms with Crippen LogP contribution in [-0.4, -0.2) is 24.9 Å². The number of benzene rings is 3. The fourth-order valence-corrected chi connectivity index (χ4v) is 4.47. The van der Waals surface area contributed by atoms with Crippen LogP contribution < -0.4 is 14.2 Å². The quantitative estimate of drug-likeness (QED) is 0.495. The lowest BCUT2D eigenvalue weighted by Crippen LogP contribution is -2.33. The Morgan fingerprint density at radius 1 is 0.967 bits per heavy atom. The summed E-state index contributed by atoms with van der Waals surface area (Å²) in [5.41, 5.74) is 4.29. The van der Waals surface area contributed by atoms with E-state index in [0.717, 1.165) is 39.0 Å². The van der Waals surface area contributed by atoms with Crippen LogP contribution in [0.4, 0.5) is 0 Å². The largest absolute Gasteiger partial charge is 0.493 e. The van der Waals surface area contributed by atoms with E-state index < -0.39 is 0 Å². The van der Waals surface area contributed by atoms with Crippen molar-refractivity contribution < 1.29 is 14.2 Å². The second kappa shape index (κ2) is 7.69. The maximum Gasteiger partial charge on any atom is 0.214 e. The third-order valence-electron chi connectivity index (χ3n) is 5.55. The Bertz CT molecular complexity index is 1120. The molecule has 0 N–H and O–H groups in total. The van der Waals surface area contributed by atoms with Crippen LogP contribution in [0.3, 0.4) is 0 Å². The first-order valence-electron chi connectivity index (χ1n) is 9.77.